The van der Waals surface area contributed by atoms with E-state index in [0.717, 1.165) is 0 Å². The molecular formula is C6H12O6. The summed E-state index contributed by atoms with van der Waals surface area (Å²) in [6.45, 7) is -1.61. The van der Waals surface area contributed by atoms with Gasteiger partial charge in [-0.3, -0.25) is 4.79 Å². The summed E-state index contributed by atoms with van der Waals surface area (Å²) in [5.74, 6) is -1.11. The summed E-state index contributed by atoms with van der Waals surface area (Å²) in [7, 11) is 0. The fraction of sp³-hybridized carbons (Fsp3) is 0.833. The summed E-state index contributed by atoms with van der Waals surface area (Å²) in [4.78, 5) is 10.7. The van der Waals surface area contributed by atoms with E-state index in [4.69, 9.17) is 25.5 Å². The minimum atomic E-state index is -1.86. The summed E-state index contributed by atoms with van der Waals surface area (Å²) >= 11 is 0. The standard InChI is InChI=1S/C6H12O6/c7-1-3(9)5(11)6(12)4(10)2-8/h3-5,7-11H,1-2H2/t3-,4?,5+/m1/s1. The molecule has 0 rings (SSSR count). The van der Waals surface area contributed by atoms with E-state index >= 15 is 0 Å². The lowest BCUT2D eigenvalue weighted by Gasteiger charge is -2.16. The molecule has 0 aliphatic carbocycles. The molecule has 0 bridgehead atoms. The number of aliphatic hydroxyl groups excluding tert-OH is 5. The second kappa shape index (κ2) is 5.18. The lowest BCUT2D eigenvalue weighted by atomic mass is 10.1. The Hall–Kier alpha value is -0.530. The SMILES string of the molecule is O=C(C(O)CO)[C@@H](O)[C@H](O)CO. The third kappa shape index (κ3) is 2.84. The van der Waals surface area contributed by atoms with Crippen molar-refractivity contribution in [3.8, 4) is 0 Å². The molecule has 12 heavy (non-hydrogen) atoms. The van der Waals surface area contributed by atoms with E-state index in [-0.39, 0.29) is 0 Å². The average Bonchev–Trinajstić information content (AvgIpc) is 2.12. The van der Waals surface area contributed by atoms with Crippen LogP contribution in [0.2, 0.25) is 0 Å². The van der Waals surface area contributed by atoms with E-state index in [1.54, 1.807) is 0 Å². The first-order valence-electron chi connectivity index (χ1n) is 3.34. The van der Waals surface area contributed by atoms with Gasteiger partial charge >= 0.3 is 0 Å². The van der Waals surface area contributed by atoms with Gasteiger partial charge in [-0.2, -0.15) is 0 Å². The van der Waals surface area contributed by atoms with Crippen molar-refractivity contribution in [3.05, 3.63) is 0 Å². The van der Waals surface area contributed by atoms with Crippen molar-refractivity contribution in [2.24, 2.45) is 0 Å². The molecule has 0 fully saturated rings. The zero-order valence-corrected chi connectivity index (χ0v) is 6.29. The molecule has 0 amide bonds. The average molecular weight is 180 g/mol. The first kappa shape index (κ1) is 11.5. The minimum Gasteiger partial charge on any atom is -0.394 e. The molecule has 0 aliphatic heterocycles. The van der Waals surface area contributed by atoms with Gasteiger partial charge in [-0.05, 0) is 0 Å². The van der Waals surface area contributed by atoms with Gasteiger partial charge in [-0.1, -0.05) is 0 Å². The summed E-state index contributed by atoms with van der Waals surface area (Å²) in [5.41, 5.74) is 0. The Balaban J connectivity index is 4.09. The van der Waals surface area contributed by atoms with Gasteiger partial charge in [0, 0.05) is 0 Å². The first-order chi connectivity index (χ1) is 5.54. The summed E-state index contributed by atoms with van der Waals surface area (Å²) < 4.78 is 0. The van der Waals surface area contributed by atoms with Crippen LogP contribution in [0.15, 0.2) is 0 Å². The van der Waals surface area contributed by atoms with Crippen molar-refractivity contribution in [1.29, 1.82) is 0 Å². The fourth-order valence-corrected chi connectivity index (χ4v) is 0.577. The molecule has 6 nitrogen and oxygen atoms in total. The van der Waals surface area contributed by atoms with Gasteiger partial charge in [-0.25, -0.2) is 0 Å². The topological polar surface area (TPSA) is 118 Å². The number of hydrogen-bond donors (Lipinski definition) is 5. The van der Waals surface area contributed by atoms with Crippen molar-refractivity contribution in [3.63, 3.8) is 0 Å². The van der Waals surface area contributed by atoms with Crippen molar-refractivity contribution in [1.82, 2.24) is 0 Å². The molecule has 6 heteroatoms. The van der Waals surface area contributed by atoms with Crippen LogP contribution < -0.4 is 0 Å². The monoisotopic (exact) mass is 180 g/mol. The molecule has 0 heterocycles. The van der Waals surface area contributed by atoms with Crippen LogP contribution in [0.4, 0.5) is 0 Å². The molecule has 0 aliphatic rings. The van der Waals surface area contributed by atoms with E-state index in [2.05, 4.69) is 0 Å². The number of Topliss-reactive ketones (excluding diaryl/α,β-unsaturated/α-hetero) is 1. The van der Waals surface area contributed by atoms with Gasteiger partial charge < -0.3 is 25.5 Å². The van der Waals surface area contributed by atoms with E-state index in [9.17, 15) is 4.79 Å². The molecule has 0 aromatic heterocycles. The molecule has 0 aromatic carbocycles. The zero-order valence-electron chi connectivity index (χ0n) is 6.29. The Bertz CT molecular complexity index is 147. The highest BCUT2D eigenvalue weighted by Crippen LogP contribution is 1.98. The van der Waals surface area contributed by atoms with Crippen LogP contribution in [0.1, 0.15) is 0 Å². The smallest absolute Gasteiger partial charge is 0.194 e. The predicted octanol–water partition coefficient (Wildman–Crippen LogP) is -3.38. The minimum absolute atomic E-state index is 0.787. The zero-order chi connectivity index (χ0) is 9.72. The molecule has 0 saturated heterocycles. The van der Waals surface area contributed by atoms with Gasteiger partial charge in [0.05, 0.1) is 13.2 Å². The van der Waals surface area contributed by atoms with Crippen molar-refractivity contribution < 1.29 is 30.3 Å². The van der Waals surface area contributed by atoms with Gasteiger partial charge in [0.2, 0.25) is 0 Å². The molecule has 5 N–H and O–H groups in total. The Kier molecular flexibility index (Phi) is 4.95. The van der Waals surface area contributed by atoms with E-state index in [0.29, 0.717) is 0 Å². The molecule has 0 spiro atoms. The predicted molar refractivity (Wildman–Crippen MR) is 37.2 cm³/mol. The largest absolute Gasteiger partial charge is 0.394 e. The van der Waals surface area contributed by atoms with E-state index in [1.165, 1.54) is 0 Å². The van der Waals surface area contributed by atoms with Crippen molar-refractivity contribution in [2.45, 2.75) is 18.3 Å². The Labute approximate surface area is 68.7 Å². The number of aliphatic hydroxyl groups is 5. The molecule has 72 valence electrons. The van der Waals surface area contributed by atoms with Crippen LogP contribution in [0.3, 0.4) is 0 Å². The van der Waals surface area contributed by atoms with Gasteiger partial charge in [0.15, 0.2) is 5.78 Å². The maximum atomic E-state index is 10.7. The van der Waals surface area contributed by atoms with Crippen molar-refractivity contribution >= 4 is 5.78 Å². The Morgan fingerprint density at radius 3 is 1.92 bits per heavy atom. The highest BCUT2D eigenvalue weighted by molar-refractivity contribution is 5.87. The summed E-state index contributed by atoms with van der Waals surface area (Å²) in [6.07, 6.45) is -5.21. The molecule has 3 atom stereocenters. The van der Waals surface area contributed by atoms with Crippen LogP contribution in [-0.4, -0.2) is 62.8 Å². The second-order valence-corrected chi connectivity index (χ2v) is 2.30. The van der Waals surface area contributed by atoms with Crippen LogP contribution in [0.25, 0.3) is 0 Å². The number of rotatable bonds is 5. The molecular weight excluding hydrogens is 168 g/mol. The first-order valence-corrected chi connectivity index (χ1v) is 3.34. The van der Waals surface area contributed by atoms with Crippen LogP contribution in [-0.2, 0) is 4.79 Å². The highest BCUT2D eigenvalue weighted by atomic mass is 16.4. The maximum absolute atomic E-state index is 10.7. The molecule has 0 saturated carbocycles. The fourth-order valence-electron chi connectivity index (χ4n) is 0.577. The summed E-state index contributed by atoms with van der Waals surface area (Å²) in [6, 6.07) is 0. The lowest BCUT2D eigenvalue weighted by Crippen LogP contribution is -2.43. The Morgan fingerprint density at radius 1 is 1.08 bits per heavy atom. The number of ketones is 1. The normalized spacial score (nSPS) is 18.4. The number of carbonyl (C=O) groups excluding carboxylic acids is 1. The quantitative estimate of drug-likeness (QED) is 0.301. The van der Waals surface area contributed by atoms with Gasteiger partial charge in [0.25, 0.3) is 0 Å². The Morgan fingerprint density at radius 2 is 1.58 bits per heavy atom. The number of hydrogen-bond acceptors (Lipinski definition) is 6. The van der Waals surface area contributed by atoms with Crippen molar-refractivity contribution in [2.75, 3.05) is 13.2 Å². The van der Waals surface area contributed by atoms with Crippen LogP contribution >= 0.6 is 0 Å². The van der Waals surface area contributed by atoms with Crippen LogP contribution in [0, 0.1) is 0 Å². The van der Waals surface area contributed by atoms with Crippen LogP contribution in [0.5, 0.6) is 0 Å². The highest BCUT2D eigenvalue weighted by Gasteiger charge is 2.28. The van der Waals surface area contributed by atoms with E-state index < -0.39 is 37.3 Å². The maximum Gasteiger partial charge on any atom is 0.194 e. The lowest BCUT2D eigenvalue weighted by molar-refractivity contribution is -0.144. The third-order valence-corrected chi connectivity index (χ3v) is 1.34. The molecule has 0 aromatic rings. The molecule has 1 unspecified atom stereocenters. The third-order valence-electron chi connectivity index (χ3n) is 1.34. The number of carbonyl (C=O) groups is 1. The van der Waals surface area contributed by atoms with Gasteiger partial charge in [0.1, 0.15) is 18.3 Å². The second-order valence-electron chi connectivity index (χ2n) is 2.30. The summed E-state index contributed by atoms with van der Waals surface area (Å²) in [5, 5.41) is 42.9. The van der Waals surface area contributed by atoms with E-state index in [1.807, 2.05) is 0 Å². The molecule has 0 radical (unpaired) electrons. The van der Waals surface area contributed by atoms with Gasteiger partial charge in [-0.15, -0.1) is 0 Å².